The molecule has 2 aromatic heterocycles. The van der Waals surface area contributed by atoms with Crippen molar-refractivity contribution in [2.75, 3.05) is 0 Å². The molecule has 1 saturated carbocycles. The van der Waals surface area contributed by atoms with Crippen LogP contribution in [0.4, 0.5) is 0 Å². The second-order valence-corrected chi connectivity index (χ2v) is 5.21. The SMILES string of the molecule is NC(CC1CCCCC1)c1nnc2cnccn12. The van der Waals surface area contributed by atoms with E-state index in [9.17, 15) is 0 Å². The molecule has 5 heteroatoms. The van der Waals surface area contributed by atoms with Gasteiger partial charge < -0.3 is 5.73 Å². The number of rotatable bonds is 3. The van der Waals surface area contributed by atoms with E-state index in [2.05, 4.69) is 15.2 Å². The van der Waals surface area contributed by atoms with Crippen molar-refractivity contribution in [2.24, 2.45) is 11.7 Å². The van der Waals surface area contributed by atoms with Crippen LogP contribution in [0.3, 0.4) is 0 Å². The molecule has 1 unspecified atom stereocenters. The number of nitrogens with two attached hydrogens (primary N) is 1. The molecule has 1 atom stereocenters. The molecule has 18 heavy (non-hydrogen) atoms. The molecule has 3 rings (SSSR count). The standard InChI is InChI=1S/C13H19N5/c14-11(8-10-4-2-1-3-5-10)13-17-16-12-9-15-6-7-18(12)13/h6-7,9-11H,1-5,8,14H2. The quantitative estimate of drug-likeness (QED) is 0.899. The summed E-state index contributed by atoms with van der Waals surface area (Å²) in [6.07, 6.45) is 13.1. The topological polar surface area (TPSA) is 69.1 Å². The summed E-state index contributed by atoms with van der Waals surface area (Å²) in [5.41, 5.74) is 7.06. The predicted octanol–water partition coefficient (Wildman–Crippen LogP) is 2.09. The number of nitrogens with zero attached hydrogens (tertiary/aromatic N) is 4. The molecule has 0 aromatic carbocycles. The lowest BCUT2D eigenvalue weighted by molar-refractivity contribution is 0.315. The Bertz CT molecular complexity index is 515. The van der Waals surface area contributed by atoms with Gasteiger partial charge in [-0.1, -0.05) is 32.1 Å². The Kier molecular flexibility index (Phi) is 3.23. The Morgan fingerprint density at radius 1 is 1.28 bits per heavy atom. The lowest BCUT2D eigenvalue weighted by Gasteiger charge is -2.23. The van der Waals surface area contributed by atoms with Crippen molar-refractivity contribution in [3.8, 4) is 0 Å². The summed E-state index contributed by atoms with van der Waals surface area (Å²) < 4.78 is 1.94. The first-order valence-corrected chi connectivity index (χ1v) is 6.75. The van der Waals surface area contributed by atoms with Crippen molar-refractivity contribution in [3.05, 3.63) is 24.4 Å². The Hall–Kier alpha value is -1.49. The maximum absolute atomic E-state index is 6.29. The third kappa shape index (κ3) is 2.22. The van der Waals surface area contributed by atoms with Gasteiger partial charge in [0, 0.05) is 12.4 Å². The minimum Gasteiger partial charge on any atom is -0.321 e. The van der Waals surface area contributed by atoms with Crippen molar-refractivity contribution < 1.29 is 0 Å². The molecule has 2 aromatic rings. The van der Waals surface area contributed by atoms with Gasteiger partial charge in [-0.15, -0.1) is 10.2 Å². The van der Waals surface area contributed by atoms with Crippen LogP contribution in [0.5, 0.6) is 0 Å². The highest BCUT2D eigenvalue weighted by molar-refractivity contribution is 5.34. The van der Waals surface area contributed by atoms with E-state index in [0.29, 0.717) is 0 Å². The number of hydrogen-bond acceptors (Lipinski definition) is 4. The van der Waals surface area contributed by atoms with Crippen LogP contribution in [0.1, 0.15) is 50.4 Å². The summed E-state index contributed by atoms with van der Waals surface area (Å²) in [6.45, 7) is 0. The maximum atomic E-state index is 6.29. The van der Waals surface area contributed by atoms with E-state index >= 15 is 0 Å². The largest absolute Gasteiger partial charge is 0.321 e. The lowest BCUT2D eigenvalue weighted by Crippen LogP contribution is -2.19. The molecule has 2 heterocycles. The first-order chi connectivity index (χ1) is 8.84. The predicted molar refractivity (Wildman–Crippen MR) is 68.9 cm³/mol. The highest BCUT2D eigenvalue weighted by atomic mass is 15.3. The summed E-state index contributed by atoms with van der Waals surface area (Å²) in [4.78, 5) is 4.04. The summed E-state index contributed by atoms with van der Waals surface area (Å²) in [5.74, 6) is 1.61. The average molecular weight is 245 g/mol. The highest BCUT2D eigenvalue weighted by Gasteiger charge is 2.20. The Morgan fingerprint density at radius 3 is 2.94 bits per heavy atom. The first-order valence-electron chi connectivity index (χ1n) is 6.75. The van der Waals surface area contributed by atoms with Gasteiger partial charge in [-0.3, -0.25) is 9.38 Å². The van der Waals surface area contributed by atoms with Crippen molar-refractivity contribution in [1.29, 1.82) is 0 Å². The Morgan fingerprint density at radius 2 is 2.11 bits per heavy atom. The Balaban J connectivity index is 1.76. The summed E-state index contributed by atoms with van der Waals surface area (Å²) in [7, 11) is 0. The minimum absolute atomic E-state index is 0.0227. The van der Waals surface area contributed by atoms with E-state index in [0.717, 1.165) is 23.8 Å². The van der Waals surface area contributed by atoms with E-state index in [1.807, 2.05) is 10.6 Å². The van der Waals surface area contributed by atoms with E-state index in [-0.39, 0.29) is 6.04 Å². The molecule has 0 bridgehead atoms. The summed E-state index contributed by atoms with van der Waals surface area (Å²) >= 11 is 0. The van der Waals surface area contributed by atoms with Crippen molar-refractivity contribution in [3.63, 3.8) is 0 Å². The van der Waals surface area contributed by atoms with Crippen LogP contribution >= 0.6 is 0 Å². The molecular formula is C13H19N5. The van der Waals surface area contributed by atoms with Crippen LogP contribution in [-0.4, -0.2) is 19.6 Å². The van der Waals surface area contributed by atoms with Crippen LogP contribution in [0, 0.1) is 5.92 Å². The highest BCUT2D eigenvalue weighted by Crippen LogP contribution is 2.30. The van der Waals surface area contributed by atoms with Crippen molar-refractivity contribution in [2.45, 2.75) is 44.6 Å². The normalized spacial score (nSPS) is 19.2. The van der Waals surface area contributed by atoms with Crippen LogP contribution in [0.25, 0.3) is 5.65 Å². The molecule has 1 fully saturated rings. The molecular weight excluding hydrogens is 226 g/mol. The smallest absolute Gasteiger partial charge is 0.179 e. The van der Waals surface area contributed by atoms with Crippen LogP contribution in [0.2, 0.25) is 0 Å². The third-order valence-corrected chi connectivity index (χ3v) is 3.88. The van der Waals surface area contributed by atoms with Gasteiger partial charge in [0.15, 0.2) is 11.5 Å². The second-order valence-electron chi connectivity index (χ2n) is 5.21. The van der Waals surface area contributed by atoms with E-state index in [4.69, 9.17) is 5.73 Å². The lowest BCUT2D eigenvalue weighted by atomic mass is 9.85. The number of aromatic nitrogens is 4. The van der Waals surface area contributed by atoms with Gasteiger partial charge in [0.2, 0.25) is 0 Å². The molecule has 2 N–H and O–H groups in total. The van der Waals surface area contributed by atoms with Gasteiger partial charge >= 0.3 is 0 Å². The molecule has 1 aliphatic rings. The van der Waals surface area contributed by atoms with Crippen LogP contribution in [0.15, 0.2) is 18.6 Å². The fourth-order valence-corrected chi connectivity index (χ4v) is 2.91. The average Bonchev–Trinajstić information content (AvgIpc) is 2.84. The van der Waals surface area contributed by atoms with E-state index in [1.165, 1.54) is 32.1 Å². The van der Waals surface area contributed by atoms with E-state index < -0.39 is 0 Å². The fraction of sp³-hybridized carbons (Fsp3) is 0.615. The van der Waals surface area contributed by atoms with E-state index in [1.54, 1.807) is 12.4 Å². The number of fused-ring (bicyclic) bond motifs is 1. The molecule has 0 amide bonds. The molecule has 0 aliphatic heterocycles. The molecule has 0 spiro atoms. The molecule has 5 nitrogen and oxygen atoms in total. The molecule has 1 aliphatic carbocycles. The van der Waals surface area contributed by atoms with Gasteiger partial charge in [0.25, 0.3) is 0 Å². The monoisotopic (exact) mass is 245 g/mol. The van der Waals surface area contributed by atoms with Gasteiger partial charge in [0.1, 0.15) is 0 Å². The minimum atomic E-state index is -0.0227. The van der Waals surface area contributed by atoms with Crippen molar-refractivity contribution in [1.82, 2.24) is 19.6 Å². The maximum Gasteiger partial charge on any atom is 0.179 e. The van der Waals surface area contributed by atoms with Gasteiger partial charge in [-0.25, -0.2) is 0 Å². The zero-order chi connectivity index (χ0) is 12.4. The summed E-state index contributed by atoms with van der Waals surface area (Å²) in [6, 6.07) is -0.0227. The third-order valence-electron chi connectivity index (χ3n) is 3.88. The van der Waals surface area contributed by atoms with Gasteiger partial charge in [0.05, 0.1) is 12.2 Å². The van der Waals surface area contributed by atoms with Crippen LogP contribution < -0.4 is 5.73 Å². The fourth-order valence-electron chi connectivity index (χ4n) is 2.91. The van der Waals surface area contributed by atoms with Gasteiger partial charge in [-0.2, -0.15) is 0 Å². The zero-order valence-corrected chi connectivity index (χ0v) is 10.5. The van der Waals surface area contributed by atoms with Crippen LogP contribution in [-0.2, 0) is 0 Å². The molecule has 0 saturated heterocycles. The van der Waals surface area contributed by atoms with Gasteiger partial charge in [-0.05, 0) is 12.3 Å². The Labute approximate surface area is 106 Å². The number of hydrogen-bond donors (Lipinski definition) is 1. The summed E-state index contributed by atoms with van der Waals surface area (Å²) in [5, 5.41) is 8.31. The second kappa shape index (κ2) is 5.02. The first kappa shape index (κ1) is 11.6. The zero-order valence-electron chi connectivity index (χ0n) is 10.5. The molecule has 0 radical (unpaired) electrons. The molecule has 96 valence electrons. The van der Waals surface area contributed by atoms with Crippen molar-refractivity contribution >= 4 is 5.65 Å².